The molecule has 0 amide bonds. The number of hydrogen-bond donors (Lipinski definition) is 1. The molecule has 4 heteroatoms. The highest BCUT2D eigenvalue weighted by Gasteiger charge is 2.19. The van der Waals surface area contributed by atoms with Crippen LogP contribution in [0.4, 0.5) is 0 Å². The fraction of sp³-hybridized carbons (Fsp3) is 0.571. The van der Waals surface area contributed by atoms with E-state index in [1.165, 1.54) is 12.8 Å². The number of methoxy groups -OCH3 is 1. The molecule has 0 atom stereocenters. The summed E-state index contributed by atoms with van der Waals surface area (Å²) in [7, 11) is 1.77. The number of likely N-dealkylation sites (tertiary alicyclic amines) is 1. The highest BCUT2D eigenvalue weighted by atomic mass is 79.9. The quantitative estimate of drug-likeness (QED) is 0.927. The van der Waals surface area contributed by atoms with Gasteiger partial charge in [0.15, 0.2) is 0 Å². The van der Waals surface area contributed by atoms with Gasteiger partial charge in [-0.25, -0.2) is 0 Å². The first-order chi connectivity index (χ1) is 8.69. The van der Waals surface area contributed by atoms with E-state index in [2.05, 4.69) is 20.8 Å². The molecule has 0 saturated carbocycles. The van der Waals surface area contributed by atoms with Crippen LogP contribution in [-0.4, -0.2) is 36.8 Å². The van der Waals surface area contributed by atoms with Crippen LogP contribution in [-0.2, 0) is 11.3 Å². The first-order valence-electron chi connectivity index (χ1n) is 6.37. The van der Waals surface area contributed by atoms with Gasteiger partial charge in [-0.05, 0) is 55.6 Å². The maximum Gasteiger partial charge on any atom is 0.115 e. The Kier molecular flexibility index (Phi) is 5.03. The van der Waals surface area contributed by atoms with Crippen LogP contribution >= 0.6 is 15.9 Å². The van der Waals surface area contributed by atoms with Gasteiger partial charge in [0.25, 0.3) is 0 Å². The second kappa shape index (κ2) is 6.55. The molecule has 3 nitrogen and oxygen atoms in total. The van der Waals surface area contributed by atoms with Crippen LogP contribution in [0, 0.1) is 5.92 Å². The number of rotatable bonds is 4. The van der Waals surface area contributed by atoms with Gasteiger partial charge in [-0.15, -0.1) is 0 Å². The van der Waals surface area contributed by atoms with E-state index in [0.29, 0.717) is 11.7 Å². The summed E-state index contributed by atoms with van der Waals surface area (Å²) in [6, 6.07) is 5.45. The number of aromatic hydroxyl groups is 1. The van der Waals surface area contributed by atoms with Crippen LogP contribution in [0.3, 0.4) is 0 Å². The fourth-order valence-electron chi connectivity index (χ4n) is 2.47. The Bertz CT molecular complexity index is 389. The highest BCUT2D eigenvalue weighted by Crippen LogP contribution is 2.25. The van der Waals surface area contributed by atoms with Gasteiger partial charge in [0, 0.05) is 24.7 Å². The van der Waals surface area contributed by atoms with E-state index in [1.807, 2.05) is 12.1 Å². The molecule has 1 fully saturated rings. The molecule has 1 aromatic carbocycles. The standard InChI is InChI=1S/C14H20BrNO2/c1-18-10-11-4-6-16(7-5-11)9-12-8-13(17)2-3-14(12)15/h2-3,8,11,17H,4-7,9-10H2,1H3. The smallest absolute Gasteiger partial charge is 0.115 e. The van der Waals surface area contributed by atoms with E-state index < -0.39 is 0 Å². The van der Waals surface area contributed by atoms with E-state index in [9.17, 15) is 5.11 Å². The monoisotopic (exact) mass is 313 g/mol. The number of piperidine rings is 1. The average Bonchev–Trinajstić information content (AvgIpc) is 2.37. The van der Waals surface area contributed by atoms with Crippen molar-refractivity contribution in [2.75, 3.05) is 26.8 Å². The minimum Gasteiger partial charge on any atom is -0.508 e. The summed E-state index contributed by atoms with van der Waals surface area (Å²) in [5, 5.41) is 9.52. The SMILES string of the molecule is COCC1CCN(Cc2cc(O)ccc2Br)CC1. The summed E-state index contributed by atoms with van der Waals surface area (Å²) in [4.78, 5) is 2.44. The number of halogens is 1. The Morgan fingerprint density at radius 1 is 1.39 bits per heavy atom. The van der Waals surface area contributed by atoms with Crippen molar-refractivity contribution >= 4 is 15.9 Å². The van der Waals surface area contributed by atoms with Crippen molar-refractivity contribution in [3.8, 4) is 5.75 Å². The summed E-state index contributed by atoms with van der Waals surface area (Å²) >= 11 is 3.54. The normalized spacial score (nSPS) is 18.1. The molecular formula is C14H20BrNO2. The molecule has 100 valence electrons. The van der Waals surface area contributed by atoms with Gasteiger partial charge < -0.3 is 9.84 Å². The molecule has 0 aromatic heterocycles. The van der Waals surface area contributed by atoms with Gasteiger partial charge in [0.05, 0.1) is 0 Å². The van der Waals surface area contributed by atoms with Crippen molar-refractivity contribution in [2.45, 2.75) is 19.4 Å². The van der Waals surface area contributed by atoms with Crippen LogP contribution in [0.15, 0.2) is 22.7 Å². The Morgan fingerprint density at radius 2 is 2.11 bits per heavy atom. The molecule has 0 unspecified atom stereocenters. The van der Waals surface area contributed by atoms with Gasteiger partial charge in [-0.3, -0.25) is 4.90 Å². The topological polar surface area (TPSA) is 32.7 Å². The summed E-state index contributed by atoms with van der Waals surface area (Å²) in [5.41, 5.74) is 1.15. The van der Waals surface area contributed by atoms with E-state index in [0.717, 1.165) is 36.3 Å². The molecule has 0 spiro atoms. The molecular weight excluding hydrogens is 294 g/mol. The maximum absolute atomic E-state index is 9.52. The van der Waals surface area contributed by atoms with Crippen LogP contribution in [0.25, 0.3) is 0 Å². The van der Waals surface area contributed by atoms with Crippen molar-refractivity contribution in [3.05, 3.63) is 28.2 Å². The van der Waals surface area contributed by atoms with Crippen LogP contribution < -0.4 is 0 Å². The molecule has 1 aliphatic rings. The molecule has 0 bridgehead atoms. The summed E-state index contributed by atoms with van der Waals surface area (Å²) in [6.45, 7) is 3.99. The van der Waals surface area contributed by atoms with Crippen LogP contribution in [0.5, 0.6) is 5.75 Å². The molecule has 1 heterocycles. The lowest BCUT2D eigenvalue weighted by Gasteiger charge is -2.31. The lowest BCUT2D eigenvalue weighted by atomic mass is 9.97. The maximum atomic E-state index is 9.52. The van der Waals surface area contributed by atoms with Crippen LogP contribution in [0.2, 0.25) is 0 Å². The molecule has 1 N–H and O–H groups in total. The third kappa shape index (κ3) is 3.70. The molecule has 2 rings (SSSR count). The third-order valence-corrected chi connectivity index (χ3v) is 4.31. The van der Waals surface area contributed by atoms with E-state index in [4.69, 9.17) is 4.74 Å². The Labute approximate surface area is 117 Å². The van der Waals surface area contributed by atoms with Crippen molar-refractivity contribution in [3.63, 3.8) is 0 Å². The van der Waals surface area contributed by atoms with Crippen molar-refractivity contribution < 1.29 is 9.84 Å². The van der Waals surface area contributed by atoms with Gasteiger partial charge in [-0.1, -0.05) is 15.9 Å². The number of hydrogen-bond acceptors (Lipinski definition) is 3. The highest BCUT2D eigenvalue weighted by molar-refractivity contribution is 9.10. The van der Waals surface area contributed by atoms with E-state index in [-0.39, 0.29) is 0 Å². The molecule has 1 saturated heterocycles. The fourth-order valence-corrected chi connectivity index (χ4v) is 2.84. The van der Waals surface area contributed by atoms with Crippen molar-refractivity contribution in [1.82, 2.24) is 4.90 Å². The largest absolute Gasteiger partial charge is 0.508 e. The summed E-state index contributed by atoms with van der Waals surface area (Å²) in [6.07, 6.45) is 2.40. The minimum absolute atomic E-state index is 0.336. The zero-order chi connectivity index (χ0) is 13.0. The van der Waals surface area contributed by atoms with E-state index >= 15 is 0 Å². The van der Waals surface area contributed by atoms with Gasteiger partial charge in [0.1, 0.15) is 5.75 Å². The van der Waals surface area contributed by atoms with Crippen molar-refractivity contribution in [1.29, 1.82) is 0 Å². The molecule has 0 radical (unpaired) electrons. The number of ether oxygens (including phenoxy) is 1. The molecule has 1 aliphatic heterocycles. The molecule has 0 aliphatic carbocycles. The Hall–Kier alpha value is -0.580. The minimum atomic E-state index is 0.336. The third-order valence-electron chi connectivity index (χ3n) is 3.53. The number of phenolic OH excluding ortho intramolecular Hbond substituents is 1. The van der Waals surface area contributed by atoms with Gasteiger partial charge >= 0.3 is 0 Å². The summed E-state index contributed by atoms with van der Waals surface area (Å²) in [5.74, 6) is 1.04. The lowest BCUT2D eigenvalue weighted by molar-refractivity contribution is 0.0967. The van der Waals surface area contributed by atoms with Crippen molar-refractivity contribution in [2.24, 2.45) is 5.92 Å². The average molecular weight is 314 g/mol. The summed E-state index contributed by atoms with van der Waals surface area (Å²) < 4.78 is 6.28. The van der Waals surface area contributed by atoms with Gasteiger partial charge in [0.2, 0.25) is 0 Å². The second-order valence-electron chi connectivity index (χ2n) is 4.95. The number of nitrogens with zero attached hydrogens (tertiary/aromatic N) is 1. The Morgan fingerprint density at radius 3 is 2.78 bits per heavy atom. The van der Waals surface area contributed by atoms with Gasteiger partial charge in [-0.2, -0.15) is 0 Å². The predicted molar refractivity (Wildman–Crippen MR) is 75.7 cm³/mol. The Balaban J connectivity index is 1.89. The zero-order valence-corrected chi connectivity index (χ0v) is 12.3. The predicted octanol–water partition coefficient (Wildman–Crippen LogP) is 3.01. The van der Waals surface area contributed by atoms with Crippen LogP contribution in [0.1, 0.15) is 18.4 Å². The molecule has 1 aromatic rings. The first-order valence-corrected chi connectivity index (χ1v) is 7.17. The first kappa shape index (κ1) is 13.8. The second-order valence-corrected chi connectivity index (χ2v) is 5.80. The number of phenols is 1. The zero-order valence-electron chi connectivity index (χ0n) is 10.7. The lowest BCUT2D eigenvalue weighted by Crippen LogP contribution is -2.34. The molecule has 18 heavy (non-hydrogen) atoms. The van der Waals surface area contributed by atoms with E-state index in [1.54, 1.807) is 13.2 Å². The number of benzene rings is 1.